The van der Waals surface area contributed by atoms with Gasteiger partial charge >= 0.3 is 0 Å². The highest BCUT2D eigenvalue weighted by molar-refractivity contribution is 6.00. The summed E-state index contributed by atoms with van der Waals surface area (Å²) in [6.45, 7) is 2.10. The van der Waals surface area contributed by atoms with Crippen molar-refractivity contribution < 1.29 is 14.5 Å². The van der Waals surface area contributed by atoms with Crippen LogP contribution in [-0.4, -0.2) is 30.6 Å². The Morgan fingerprint density at radius 2 is 2.26 bits per heavy atom. The molecule has 4 N–H and O–H groups in total. The van der Waals surface area contributed by atoms with Gasteiger partial charge in [0.1, 0.15) is 0 Å². The number of non-ortho nitro benzene ring substituents is 1. The Balaban J connectivity index is 2.99. The molecule has 0 bridgehead atoms. The van der Waals surface area contributed by atoms with Crippen molar-refractivity contribution in [3.63, 3.8) is 0 Å². The molecule has 0 aliphatic carbocycles. The topological polar surface area (TPSA) is 120 Å². The molecule has 1 amide bonds. The largest absolute Gasteiger partial charge is 0.383 e. The molecule has 0 saturated heterocycles. The molecule has 1 aromatic rings. The van der Waals surface area contributed by atoms with Crippen molar-refractivity contribution in [2.75, 3.05) is 19.1 Å². The van der Waals surface area contributed by atoms with Crippen LogP contribution < -0.4 is 16.6 Å². The Labute approximate surface area is 110 Å². The number of carbonyl (C=O) groups excluding carboxylic acids is 1. The maximum absolute atomic E-state index is 12.0. The van der Waals surface area contributed by atoms with Crippen LogP contribution in [0.2, 0.25) is 0 Å². The van der Waals surface area contributed by atoms with Crippen LogP contribution in [0.1, 0.15) is 17.3 Å². The lowest BCUT2D eigenvalue weighted by molar-refractivity contribution is -0.384. The van der Waals surface area contributed by atoms with Gasteiger partial charge in [0.15, 0.2) is 0 Å². The number of nitro groups is 1. The molecule has 1 aromatic carbocycles. The molecule has 0 heterocycles. The van der Waals surface area contributed by atoms with Crippen molar-refractivity contribution in [3.8, 4) is 0 Å². The quantitative estimate of drug-likeness (QED) is 0.396. The molecule has 8 nitrogen and oxygen atoms in total. The third-order valence-electron chi connectivity index (χ3n) is 2.41. The van der Waals surface area contributed by atoms with E-state index < -0.39 is 10.8 Å². The predicted molar refractivity (Wildman–Crippen MR) is 69.7 cm³/mol. The number of rotatable bonds is 6. The molecule has 0 aromatic heterocycles. The average Bonchev–Trinajstić information content (AvgIpc) is 2.37. The number of nitrogens with one attached hydrogen (secondary N) is 2. The van der Waals surface area contributed by atoms with E-state index in [1.165, 1.54) is 25.3 Å². The minimum absolute atomic E-state index is 0.111. The van der Waals surface area contributed by atoms with E-state index in [4.69, 9.17) is 10.6 Å². The number of nitrogen functional groups attached to an aromatic ring is 1. The SMILES string of the molecule is COCC(C)NC(=O)c1cc([N+](=O)[O-])ccc1NN. The number of carbonyl (C=O) groups is 1. The molecule has 8 heteroatoms. The summed E-state index contributed by atoms with van der Waals surface area (Å²) in [6, 6.07) is 3.60. The number of hydrogen-bond acceptors (Lipinski definition) is 6. The highest BCUT2D eigenvalue weighted by Gasteiger charge is 2.17. The maximum Gasteiger partial charge on any atom is 0.270 e. The van der Waals surface area contributed by atoms with Crippen molar-refractivity contribution in [2.24, 2.45) is 5.84 Å². The number of benzene rings is 1. The Kier molecular flexibility index (Phi) is 5.22. The van der Waals surface area contributed by atoms with Gasteiger partial charge in [-0.1, -0.05) is 0 Å². The van der Waals surface area contributed by atoms with Crippen LogP contribution in [0.5, 0.6) is 0 Å². The van der Waals surface area contributed by atoms with Gasteiger partial charge in [0.05, 0.1) is 22.8 Å². The monoisotopic (exact) mass is 268 g/mol. The third-order valence-corrected chi connectivity index (χ3v) is 2.41. The van der Waals surface area contributed by atoms with Gasteiger partial charge in [0.25, 0.3) is 11.6 Å². The number of ether oxygens (including phenoxy) is 1. The van der Waals surface area contributed by atoms with Gasteiger partial charge in [-0.25, -0.2) is 0 Å². The molecule has 1 unspecified atom stereocenters. The summed E-state index contributed by atoms with van der Waals surface area (Å²) in [5.41, 5.74) is 2.58. The first-order valence-electron chi connectivity index (χ1n) is 5.54. The van der Waals surface area contributed by atoms with Gasteiger partial charge in [-0.15, -0.1) is 0 Å². The first-order chi connectivity index (χ1) is 8.99. The lowest BCUT2D eigenvalue weighted by Gasteiger charge is -2.14. The molecule has 104 valence electrons. The molecule has 19 heavy (non-hydrogen) atoms. The van der Waals surface area contributed by atoms with Crippen LogP contribution in [0.15, 0.2) is 18.2 Å². The standard InChI is InChI=1S/C11H16N4O4/c1-7(6-19-2)13-11(16)9-5-8(15(17)18)3-4-10(9)14-12/h3-5,7,14H,6,12H2,1-2H3,(H,13,16). The van der Waals surface area contributed by atoms with Gasteiger partial charge in [-0.2, -0.15) is 0 Å². The smallest absolute Gasteiger partial charge is 0.270 e. The van der Waals surface area contributed by atoms with Crippen molar-refractivity contribution in [2.45, 2.75) is 13.0 Å². The Morgan fingerprint density at radius 1 is 1.58 bits per heavy atom. The van der Waals surface area contributed by atoms with Crippen LogP contribution in [-0.2, 0) is 4.74 Å². The van der Waals surface area contributed by atoms with Gasteiger partial charge in [-0.05, 0) is 13.0 Å². The van der Waals surface area contributed by atoms with Crippen molar-refractivity contribution >= 4 is 17.3 Å². The van der Waals surface area contributed by atoms with Crippen LogP contribution in [0.25, 0.3) is 0 Å². The fourth-order valence-electron chi connectivity index (χ4n) is 1.55. The summed E-state index contributed by atoms with van der Waals surface area (Å²) in [4.78, 5) is 22.1. The molecule has 0 spiro atoms. The van der Waals surface area contributed by atoms with Gasteiger partial charge < -0.3 is 15.5 Å². The first kappa shape index (κ1) is 14.9. The zero-order valence-electron chi connectivity index (χ0n) is 10.7. The second kappa shape index (κ2) is 6.66. The molecule has 0 aliphatic rings. The zero-order valence-corrected chi connectivity index (χ0v) is 10.7. The van der Waals surface area contributed by atoms with Gasteiger partial charge in [0.2, 0.25) is 0 Å². The van der Waals surface area contributed by atoms with Crippen molar-refractivity contribution in [1.29, 1.82) is 0 Å². The van der Waals surface area contributed by atoms with E-state index >= 15 is 0 Å². The second-order valence-electron chi connectivity index (χ2n) is 3.96. The fourth-order valence-corrected chi connectivity index (χ4v) is 1.55. The van der Waals surface area contributed by atoms with Crippen LogP contribution in [0, 0.1) is 10.1 Å². The summed E-state index contributed by atoms with van der Waals surface area (Å²) in [7, 11) is 1.52. The Morgan fingerprint density at radius 3 is 2.79 bits per heavy atom. The highest BCUT2D eigenvalue weighted by atomic mass is 16.6. The summed E-state index contributed by atoms with van der Waals surface area (Å²) in [5, 5.41) is 13.4. The Hall–Kier alpha value is -2.19. The lowest BCUT2D eigenvalue weighted by Crippen LogP contribution is -2.36. The lowest BCUT2D eigenvalue weighted by atomic mass is 10.1. The van der Waals surface area contributed by atoms with E-state index in [1.54, 1.807) is 6.92 Å². The summed E-state index contributed by atoms with van der Waals surface area (Å²) in [6.07, 6.45) is 0. The van der Waals surface area contributed by atoms with Gasteiger partial charge in [0, 0.05) is 25.3 Å². The molecule has 0 fully saturated rings. The number of anilines is 1. The van der Waals surface area contributed by atoms with Crippen molar-refractivity contribution in [3.05, 3.63) is 33.9 Å². The molecule has 1 rings (SSSR count). The van der Waals surface area contributed by atoms with Crippen molar-refractivity contribution in [1.82, 2.24) is 5.32 Å². The number of amides is 1. The number of hydrogen-bond donors (Lipinski definition) is 3. The number of nitro benzene ring substituents is 1. The van der Waals surface area contributed by atoms with Crippen LogP contribution >= 0.6 is 0 Å². The molecular formula is C11H16N4O4. The number of methoxy groups -OCH3 is 1. The molecule has 0 aliphatic heterocycles. The van der Waals surface area contributed by atoms with E-state index in [9.17, 15) is 14.9 Å². The first-order valence-corrected chi connectivity index (χ1v) is 5.54. The van der Waals surface area contributed by atoms with E-state index in [2.05, 4.69) is 10.7 Å². The van der Waals surface area contributed by atoms with E-state index in [-0.39, 0.29) is 17.3 Å². The van der Waals surface area contributed by atoms with E-state index in [0.717, 1.165) is 0 Å². The third kappa shape index (κ3) is 3.90. The average molecular weight is 268 g/mol. The van der Waals surface area contributed by atoms with E-state index in [0.29, 0.717) is 12.3 Å². The predicted octanol–water partition coefficient (Wildman–Crippen LogP) is 0.645. The highest BCUT2D eigenvalue weighted by Crippen LogP contribution is 2.21. The van der Waals surface area contributed by atoms with Gasteiger partial charge in [-0.3, -0.25) is 20.8 Å². The molecule has 0 radical (unpaired) electrons. The minimum Gasteiger partial charge on any atom is -0.383 e. The number of nitrogens with zero attached hydrogens (tertiary/aromatic N) is 1. The van der Waals surface area contributed by atoms with Crippen LogP contribution in [0.4, 0.5) is 11.4 Å². The Bertz CT molecular complexity index is 478. The number of nitrogens with two attached hydrogens (primary N) is 1. The molecule has 1 atom stereocenters. The summed E-state index contributed by atoms with van der Waals surface area (Å²) in [5.74, 6) is 4.82. The number of hydrazine groups is 1. The maximum atomic E-state index is 12.0. The molecule has 0 saturated carbocycles. The minimum atomic E-state index is -0.574. The fraction of sp³-hybridized carbons (Fsp3) is 0.364. The summed E-state index contributed by atoms with van der Waals surface area (Å²) >= 11 is 0. The second-order valence-corrected chi connectivity index (χ2v) is 3.96. The summed E-state index contributed by atoms with van der Waals surface area (Å²) < 4.78 is 4.90. The van der Waals surface area contributed by atoms with Crippen LogP contribution in [0.3, 0.4) is 0 Å². The molecular weight excluding hydrogens is 252 g/mol. The van der Waals surface area contributed by atoms with E-state index in [1.807, 2.05) is 0 Å². The normalized spacial score (nSPS) is 11.7. The zero-order chi connectivity index (χ0) is 14.4.